The minimum atomic E-state index is -3.42. The second-order valence-electron chi connectivity index (χ2n) is 8.57. The second kappa shape index (κ2) is 11.0. The van der Waals surface area contributed by atoms with Crippen LogP contribution in [-0.4, -0.2) is 46.4 Å². The van der Waals surface area contributed by atoms with Gasteiger partial charge in [-0.15, -0.1) is 0 Å². The molecule has 0 spiro atoms. The van der Waals surface area contributed by atoms with Crippen LogP contribution in [0.3, 0.4) is 0 Å². The average molecular weight is 482 g/mol. The molecule has 7 heteroatoms. The van der Waals surface area contributed by atoms with Gasteiger partial charge in [-0.3, -0.25) is 9.08 Å². The zero-order valence-corrected chi connectivity index (χ0v) is 20.5. The first-order valence-corrected chi connectivity index (χ1v) is 13.2. The van der Waals surface area contributed by atoms with Crippen molar-refractivity contribution in [3.8, 4) is 11.5 Å². The number of rotatable bonds is 10. The predicted octanol–water partition coefficient (Wildman–Crippen LogP) is 4.59. The van der Waals surface area contributed by atoms with E-state index >= 15 is 0 Å². The van der Waals surface area contributed by atoms with Gasteiger partial charge in [-0.2, -0.15) is 8.42 Å². The summed E-state index contributed by atoms with van der Waals surface area (Å²) in [6.07, 6.45) is 1.55. The molecule has 0 aromatic heterocycles. The van der Waals surface area contributed by atoms with E-state index in [2.05, 4.69) is 53.4 Å². The van der Waals surface area contributed by atoms with Crippen LogP contribution < -0.4 is 9.47 Å². The Labute approximate surface area is 202 Å². The summed E-state index contributed by atoms with van der Waals surface area (Å²) >= 11 is 0. The summed E-state index contributed by atoms with van der Waals surface area (Å²) in [7, 11) is -1.74. The molecule has 1 atom stereocenters. The molecule has 34 heavy (non-hydrogen) atoms. The molecule has 180 valence electrons. The van der Waals surface area contributed by atoms with Crippen LogP contribution in [-0.2, 0) is 27.4 Å². The van der Waals surface area contributed by atoms with E-state index < -0.39 is 10.1 Å². The Morgan fingerprint density at radius 3 is 2.38 bits per heavy atom. The second-order valence-corrected chi connectivity index (χ2v) is 10.2. The smallest absolute Gasteiger partial charge is 0.264 e. The standard InChI is InChI=1S/C27H31NO5S/c1-31-24-11-9-22(10-12-24)27-20-28(18-21-7-4-3-5-8-21)19-23-17-25(13-14-26(23)27)32-15-6-16-33-34(2,29)30/h3-5,7-14,17,27H,6,15-16,18-20H2,1-2H3. The van der Waals surface area contributed by atoms with Gasteiger partial charge in [0, 0.05) is 32.0 Å². The first-order valence-electron chi connectivity index (χ1n) is 11.4. The maximum absolute atomic E-state index is 11.1. The lowest BCUT2D eigenvalue weighted by Gasteiger charge is -2.35. The highest BCUT2D eigenvalue weighted by Crippen LogP contribution is 2.36. The van der Waals surface area contributed by atoms with Gasteiger partial charge < -0.3 is 9.47 Å². The molecule has 1 aliphatic heterocycles. The highest BCUT2D eigenvalue weighted by atomic mass is 32.2. The van der Waals surface area contributed by atoms with Crippen LogP contribution in [0.2, 0.25) is 0 Å². The quantitative estimate of drug-likeness (QED) is 0.312. The van der Waals surface area contributed by atoms with Crippen LogP contribution in [0, 0.1) is 0 Å². The van der Waals surface area contributed by atoms with Crippen molar-refractivity contribution in [3.63, 3.8) is 0 Å². The molecule has 1 heterocycles. The fraction of sp³-hybridized carbons (Fsp3) is 0.333. The highest BCUT2D eigenvalue weighted by Gasteiger charge is 2.27. The number of hydrogen-bond acceptors (Lipinski definition) is 6. The molecule has 4 rings (SSSR count). The third kappa shape index (κ3) is 6.59. The molecular formula is C27H31NO5S. The minimum absolute atomic E-state index is 0.119. The zero-order chi connectivity index (χ0) is 24.0. The van der Waals surface area contributed by atoms with E-state index in [0.717, 1.165) is 37.4 Å². The van der Waals surface area contributed by atoms with Crippen molar-refractivity contribution in [2.75, 3.05) is 33.1 Å². The largest absolute Gasteiger partial charge is 0.497 e. The van der Waals surface area contributed by atoms with Gasteiger partial charge in [0.25, 0.3) is 10.1 Å². The summed E-state index contributed by atoms with van der Waals surface area (Å²) in [6.45, 7) is 3.15. The number of benzene rings is 3. The van der Waals surface area contributed by atoms with E-state index in [1.54, 1.807) is 7.11 Å². The number of nitrogens with zero attached hydrogens (tertiary/aromatic N) is 1. The van der Waals surface area contributed by atoms with Crippen molar-refractivity contribution in [3.05, 3.63) is 95.1 Å². The van der Waals surface area contributed by atoms with Crippen LogP contribution >= 0.6 is 0 Å². The number of methoxy groups -OCH3 is 1. The third-order valence-corrected chi connectivity index (χ3v) is 6.54. The van der Waals surface area contributed by atoms with Gasteiger partial charge in [-0.1, -0.05) is 48.5 Å². The van der Waals surface area contributed by atoms with Gasteiger partial charge >= 0.3 is 0 Å². The van der Waals surface area contributed by atoms with Gasteiger partial charge in [-0.25, -0.2) is 0 Å². The summed E-state index contributed by atoms with van der Waals surface area (Å²) in [5, 5.41) is 0. The van der Waals surface area contributed by atoms with Crippen molar-refractivity contribution < 1.29 is 22.1 Å². The Kier molecular flexibility index (Phi) is 7.88. The maximum atomic E-state index is 11.1. The summed E-state index contributed by atoms with van der Waals surface area (Å²) in [6, 6.07) is 25.1. The molecule has 0 fully saturated rings. The van der Waals surface area contributed by atoms with Gasteiger partial charge in [0.1, 0.15) is 11.5 Å². The number of hydrogen-bond donors (Lipinski definition) is 0. The van der Waals surface area contributed by atoms with Crippen LogP contribution in [0.15, 0.2) is 72.8 Å². The molecule has 0 saturated heterocycles. The predicted molar refractivity (Wildman–Crippen MR) is 133 cm³/mol. The molecule has 1 aliphatic rings. The van der Waals surface area contributed by atoms with E-state index in [0.29, 0.717) is 13.0 Å². The lowest BCUT2D eigenvalue weighted by molar-refractivity contribution is 0.229. The van der Waals surface area contributed by atoms with Crippen molar-refractivity contribution in [1.82, 2.24) is 4.90 Å². The topological polar surface area (TPSA) is 65.1 Å². The first-order chi connectivity index (χ1) is 16.4. The van der Waals surface area contributed by atoms with Crippen LogP contribution in [0.4, 0.5) is 0 Å². The maximum Gasteiger partial charge on any atom is 0.264 e. The molecule has 0 bridgehead atoms. The van der Waals surface area contributed by atoms with Gasteiger partial charge in [0.2, 0.25) is 0 Å². The SMILES string of the molecule is COc1ccc(C2CN(Cc3ccccc3)Cc3cc(OCCCOS(C)(=O)=O)ccc32)cc1. The van der Waals surface area contributed by atoms with Gasteiger partial charge in [-0.05, 0) is 46.5 Å². The van der Waals surface area contributed by atoms with E-state index in [1.807, 2.05) is 24.3 Å². The molecule has 6 nitrogen and oxygen atoms in total. The average Bonchev–Trinajstić information content (AvgIpc) is 2.83. The summed E-state index contributed by atoms with van der Waals surface area (Å²) < 4.78 is 38.2. The molecule has 3 aromatic carbocycles. The Morgan fingerprint density at radius 1 is 0.941 bits per heavy atom. The summed E-state index contributed by atoms with van der Waals surface area (Å²) in [4.78, 5) is 2.47. The van der Waals surface area contributed by atoms with Crippen molar-refractivity contribution in [2.24, 2.45) is 0 Å². The number of ether oxygens (including phenoxy) is 2. The zero-order valence-electron chi connectivity index (χ0n) is 19.6. The molecule has 0 N–H and O–H groups in total. The Morgan fingerprint density at radius 2 is 1.68 bits per heavy atom. The van der Waals surface area contributed by atoms with E-state index in [-0.39, 0.29) is 12.5 Å². The molecule has 1 unspecified atom stereocenters. The molecule has 3 aromatic rings. The minimum Gasteiger partial charge on any atom is -0.497 e. The fourth-order valence-electron chi connectivity index (χ4n) is 4.35. The van der Waals surface area contributed by atoms with Crippen molar-refractivity contribution >= 4 is 10.1 Å². The number of fused-ring (bicyclic) bond motifs is 1. The molecular weight excluding hydrogens is 450 g/mol. The lowest BCUT2D eigenvalue weighted by Crippen LogP contribution is -2.33. The third-order valence-electron chi connectivity index (χ3n) is 5.95. The molecule has 0 amide bonds. The van der Waals surface area contributed by atoms with Crippen LogP contribution in [0.25, 0.3) is 0 Å². The Balaban J connectivity index is 1.52. The molecule has 0 aliphatic carbocycles. The molecule has 0 saturated carbocycles. The van der Waals surface area contributed by atoms with E-state index in [9.17, 15) is 8.42 Å². The Hall–Kier alpha value is -2.87. The summed E-state index contributed by atoms with van der Waals surface area (Å²) in [5.41, 5.74) is 5.10. The van der Waals surface area contributed by atoms with Crippen molar-refractivity contribution in [1.29, 1.82) is 0 Å². The van der Waals surface area contributed by atoms with Crippen molar-refractivity contribution in [2.45, 2.75) is 25.4 Å². The lowest BCUT2D eigenvalue weighted by atomic mass is 9.84. The highest BCUT2D eigenvalue weighted by molar-refractivity contribution is 7.85. The van der Waals surface area contributed by atoms with Crippen LogP contribution in [0.5, 0.6) is 11.5 Å². The first kappa shape index (κ1) is 24.3. The fourth-order valence-corrected chi connectivity index (χ4v) is 4.77. The normalized spacial score (nSPS) is 16.1. The summed E-state index contributed by atoms with van der Waals surface area (Å²) in [5.74, 6) is 1.88. The van der Waals surface area contributed by atoms with Crippen LogP contribution in [0.1, 0.15) is 34.6 Å². The Bertz CT molecular complexity index is 1180. The van der Waals surface area contributed by atoms with E-state index in [1.165, 1.54) is 22.3 Å². The van der Waals surface area contributed by atoms with E-state index in [4.69, 9.17) is 13.7 Å². The van der Waals surface area contributed by atoms with Gasteiger partial charge in [0.15, 0.2) is 0 Å². The van der Waals surface area contributed by atoms with Gasteiger partial charge in [0.05, 0.1) is 26.6 Å². The monoisotopic (exact) mass is 481 g/mol. The molecule has 0 radical (unpaired) electrons.